The van der Waals surface area contributed by atoms with Crippen molar-refractivity contribution in [3.8, 4) is 0 Å². The highest BCUT2D eigenvalue weighted by Gasteiger charge is 2.24. The van der Waals surface area contributed by atoms with Gasteiger partial charge in [0.25, 0.3) is 0 Å². The summed E-state index contributed by atoms with van der Waals surface area (Å²) >= 11 is 0. The van der Waals surface area contributed by atoms with Gasteiger partial charge in [-0.15, -0.1) is 0 Å². The zero-order valence-electron chi connectivity index (χ0n) is 10.5. The molecule has 100 valence electrons. The molecule has 0 rings (SSSR count). The topological polar surface area (TPSA) is 150 Å². The van der Waals surface area contributed by atoms with Crippen LogP contribution in [0.1, 0.15) is 45.4 Å². The van der Waals surface area contributed by atoms with Gasteiger partial charge >= 0.3 is 0 Å². The Hall–Kier alpha value is -1.50. The lowest BCUT2D eigenvalue weighted by Crippen LogP contribution is -2.68. The van der Waals surface area contributed by atoms with Crippen molar-refractivity contribution < 1.29 is 0 Å². The molecule has 7 nitrogen and oxygen atoms in total. The first kappa shape index (κ1) is 15.5. The first-order chi connectivity index (χ1) is 7.89. The van der Waals surface area contributed by atoms with E-state index in [-0.39, 0.29) is 11.9 Å². The van der Waals surface area contributed by atoms with Gasteiger partial charge in [0.2, 0.25) is 0 Å². The van der Waals surface area contributed by atoms with E-state index in [4.69, 9.17) is 28.0 Å². The summed E-state index contributed by atoms with van der Waals surface area (Å²) in [5.74, 6) is -1.59. The van der Waals surface area contributed by atoms with Crippen LogP contribution in [-0.2, 0) is 0 Å². The van der Waals surface area contributed by atoms with E-state index >= 15 is 0 Å². The summed E-state index contributed by atoms with van der Waals surface area (Å²) < 4.78 is 0. The Morgan fingerprint density at radius 2 is 1.47 bits per heavy atom. The Bertz CT molecular complexity index is 235. The van der Waals surface area contributed by atoms with Crippen LogP contribution in [0.4, 0.5) is 0 Å². The fourth-order valence-corrected chi connectivity index (χ4v) is 1.64. The summed E-state index contributed by atoms with van der Waals surface area (Å²) in [5, 5.41) is 19.5. The zero-order chi connectivity index (χ0) is 13.3. The minimum absolute atomic E-state index is 0.241. The maximum absolute atomic E-state index is 7.18. The van der Waals surface area contributed by atoms with Crippen LogP contribution in [0.15, 0.2) is 0 Å². The molecule has 0 heterocycles. The lowest BCUT2D eigenvalue weighted by molar-refractivity contribution is 0.317. The summed E-state index contributed by atoms with van der Waals surface area (Å²) in [7, 11) is 0. The normalized spacial score (nSPS) is 13.8. The van der Waals surface area contributed by atoms with E-state index in [0.717, 1.165) is 19.3 Å². The largest absolute Gasteiger partial charge is 0.370 e. The first-order valence-corrected chi connectivity index (χ1v) is 5.93. The summed E-state index contributed by atoms with van der Waals surface area (Å²) in [6.07, 6.45) is 6.05. The number of guanidine groups is 2. The van der Waals surface area contributed by atoms with Gasteiger partial charge in [-0.3, -0.25) is 16.6 Å². The summed E-state index contributed by atoms with van der Waals surface area (Å²) in [6.45, 7) is 2.15. The molecule has 7 heteroatoms. The van der Waals surface area contributed by atoms with Crippen molar-refractivity contribution in [3.63, 3.8) is 0 Å². The average Bonchev–Trinajstić information content (AvgIpc) is 2.14. The van der Waals surface area contributed by atoms with E-state index in [9.17, 15) is 0 Å². The summed E-state index contributed by atoms with van der Waals surface area (Å²) in [6, 6.07) is 0. The van der Waals surface area contributed by atoms with Crippen LogP contribution in [0.2, 0.25) is 0 Å². The van der Waals surface area contributed by atoms with Gasteiger partial charge in [0, 0.05) is 6.42 Å². The maximum atomic E-state index is 7.18. The van der Waals surface area contributed by atoms with E-state index in [1.165, 1.54) is 12.8 Å². The van der Waals surface area contributed by atoms with Gasteiger partial charge < -0.3 is 22.1 Å². The van der Waals surface area contributed by atoms with E-state index in [0.29, 0.717) is 6.42 Å². The lowest BCUT2D eigenvalue weighted by atomic mass is 10.1. The molecule has 0 unspecified atom stereocenters. The lowest BCUT2D eigenvalue weighted by Gasteiger charge is -2.31. The van der Waals surface area contributed by atoms with Gasteiger partial charge in [0.05, 0.1) is 0 Å². The van der Waals surface area contributed by atoms with E-state index in [1.807, 2.05) is 0 Å². The standard InChI is InChI=1S/C10H25N7/c1-2-3-4-5-6-7-10(15,16-8(11)12)17-9(13)14/h2-7,15H2,1H3,(H4,11,12,16)(H4,13,14,17). The van der Waals surface area contributed by atoms with Crippen LogP contribution in [0.5, 0.6) is 0 Å². The van der Waals surface area contributed by atoms with Gasteiger partial charge in [-0.25, -0.2) is 0 Å². The summed E-state index contributed by atoms with van der Waals surface area (Å²) in [4.78, 5) is 0. The smallest absolute Gasteiger partial charge is 0.188 e. The molecule has 10 N–H and O–H groups in total. The van der Waals surface area contributed by atoms with E-state index in [2.05, 4.69) is 17.6 Å². The second-order valence-electron chi connectivity index (χ2n) is 4.21. The zero-order valence-corrected chi connectivity index (χ0v) is 10.5. The number of hydrogen-bond acceptors (Lipinski definition) is 3. The molecule has 0 saturated heterocycles. The predicted octanol–water partition coefficient (Wildman–Crippen LogP) is -0.0745. The average molecular weight is 243 g/mol. The number of unbranched alkanes of at least 4 members (excludes halogenated alkanes) is 4. The van der Waals surface area contributed by atoms with Crippen LogP contribution in [-0.4, -0.2) is 17.7 Å². The highest BCUT2D eigenvalue weighted by atomic mass is 15.4. The van der Waals surface area contributed by atoms with Crippen LogP contribution in [0.25, 0.3) is 0 Å². The molecular formula is C10H25N7. The molecule has 0 atom stereocenters. The van der Waals surface area contributed by atoms with Gasteiger partial charge in [-0.2, -0.15) is 0 Å². The van der Waals surface area contributed by atoms with Gasteiger partial charge in [0.15, 0.2) is 17.7 Å². The minimum atomic E-state index is -1.11. The van der Waals surface area contributed by atoms with Crippen LogP contribution >= 0.6 is 0 Å². The van der Waals surface area contributed by atoms with Crippen molar-refractivity contribution in [2.75, 3.05) is 0 Å². The molecule has 0 aliphatic heterocycles. The van der Waals surface area contributed by atoms with Crippen LogP contribution < -0.4 is 27.8 Å². The van der Waals surface area contributed by atoms with Crippen molar-refractivity contribution in [1.29, 1.82) is 10.8 Å². The van der Waals surface area contributed by atoms with Crippen molar-refractivity contribution in [1.82, 2.24) is 10.6 Å². The maximum Gasteiger partial charge on any atom is 0.188 e. The molecule has 17 heavy (non-hydrogen) atoms. The molecular weight excluding hydrogens is 218 g/mol. The molecule has 0 aliphatic carbocycles. The molecule has 0 radical (unpaired) electrons. The number of hydrogen-bond donors (Lipinski definition) is 7. The molecule has 0 fully saturated rings. The molecule has 0 spiro atoms. The van der Waals surface area contributed by atoms with Crippen LogP contribution in [0.3, 0.4) is 0 Å². The second-order valence-corrected chi connectivity index (χ2v) is 4.21. The monoisotopic (exact) mass is 243 g/mol. The fraction of sp³-hybridized carbons (Fsp3) is 0.800. The molecule has 0 aromatic heterocycles. The SMILES string of the molecule is CCCCCCCC(N)(NC(=N)N)NC(=N)N. The fourth-order valence-electron chi connectivity index (χ4n) is 1.64. The molecule has 0 aromatic carbocycles. The Morgan fingerprint density at radius 3 is 1.88 bits per heavy atom. The molecule has 0 aromatic rings. The number of rotatable bonds is 8. The van der Waals surface area contributed by atoms with Crippen molar-refractivity contribution >= 4 is 11.9 Å². The van der Waals surface area contributed by atoms with Gasteiger partial charge in [0.1, 0.15) is 0 Å². The quantitative estimate of drug-likeness (QED) is 0.138. The third-order valence-corrected chi connectivity index (χ3v) is 2.39. The number of nitrogens with one attached hydrogen (secondary N) is 4. The Labute approximate surface area is 103 Å². The van der Waals surface area contributed by atoms with Gasteiger partial charge in [-0.05, 0) is 6.42 Å². The predicted molar refractivity (Wildman–Crippen MR) is 70.4 cm³/mol. The minimum Gasteiger partial charge on any atom is -0.370 e. The third kappa shape index (κ3) is 8.32. The number of nitrogens with two attached hydrogens (primary N) is 3. The molecule has 0 amide bonds. The molecule has 0 saturated carbocycles. The van der Waals surface area contributed by atoms with Crippen molar-refractivity contribution in [2.45, 2.75) is 51.2 Å². The Kier molecular flexibility index (Phi) is 7.04. The molecule has 0 bridgehead atoms. The Balaban J connectivity index is 4.09. The third-order valence-electron chi connectivity index (χ3n) is 2.39. The van der Waals surface area contributed by atoms with E-state index < -0.39 is 5.79 Å². The van der Waals surface area contributed by atoms with Crippen molar-refractivity contribution in [3.05, 3.63) is 0 Å². The Morgan fingerprint density at radius 1 is 1.00 bits per heavy atom. The van der Waals surface area contributed by atoms with E-state index in [1.54, 1.807) is 0 Å². The second kappa shape index (κ2) is 7.72. The highest BCUT2D eigenvalue weighted by molar-refractivity contribution is 5.78. The first-order valence-electron chi connectivity index (χ1n) is 5.93. The highest BCUT2D eigenvalue weighted by Crippen LogP contribution is 2.09. The molecule has 0 aliphatic rings. The van der Waals surface area contributed by atoms with Gasteiger partial charge in [-0.1, -0.05) is 32.6 Å². The van der Waals surface area contributed by atoms with Crippen LogP contribution in [0, 0.1) is 10.8 Å². The van der Waals surface area contributed by atoms with Crippen molar-refractivity contribution in [2.24, 2.45) is 17.2 Å². The summed E-state index contributed by atoms with van der Waals surface area (Å²) in [5.41, 5.74) is 16.4.